The molecule has 0 aromatic heterocycles. The molecule has 0 bridgehead atoms. The van der Waals surface area contributed by atoms with E-state index in [1.165, 1.54) is 0 Å². The predicted octanol–water partition coefficient (Wildman–Crippen LogP) is -3.64. The maximum Gasteiger partial charge on any atom is 0.569 e. The van der Waals surface area contributed by atoms with Crippen LogP contribution in [0.3, 0.4) is 0 Å². The first-order chi connectivity index (χ1) is 8.24. The number of hydrogen-bond acceptors (Lipinski definition) is 14. The molecule has 0 aliphatic heterocycles. The van der Waals surface area contributed by atoms with Gasteiger partial charge in [-0.15, -0.1) is 7.26 Å². The standard InChI is InChI=1S/2NO2.H2O10S3/c2*2-1-3;1-11(2,3)9-13(7,8)10-12(4,5)6/h;;(H,1,2,3)(H,4,5,6)/q2*+1;/p-2. The molecule has 0 aliphatic carbocycles. The van der Waals surface area contributed by atoms with Gasteiger partial charge in [-0.05, 0) is 0 Å². The van der Waals surface area contributed by atoms with E-state index in [-0.39, 0.29) is 0 Å². The van der Waals surface area contributed by atoms with Gasteiger partial charge in [-0.3, -0.25) is 0 Å². The Morgan fingerprint density at radius 3 is 0.895 bits per heavy atom. The van der Waals surface area contributed by atoms with Crippen molar-refractivity contribution in [2.24, 2.45) is 0 Å². The number of nitrogens with zero attached hydrogens (tertiary/aromatic N) is 2. The smallest absolute Gasteiger partial charge is 0.569 e. The second-order valence-corrected chi connectivity index (χ2v) is 5.05. The van der Waals surface area contributed by atoms with Crippen molar-refractivity contribution in [1.82, 2.24) is 10.1 Å². The molecule has 0 spiro atoms. The van der Waals surface area contributed by atoms with Crippen molar-refractivity contribution in [1.29, 1.82) is 0 Å². The fraction of sp³-hybridized carbons (Fsp3) is 0. The maximum absolute atomic E-state index is 10.1. The minimum atomic E-state index is -5.72. The van der Waals surface area contributed by atoms with Crippen LogP contribution in [0.25, 0.3) is 0 Å². The van der Waals surface area contributed by atoms with Crippen LogP contribution < -0.4 is 10.1 Å². The number of hydrogen-bond donors (Lipinski definition) is 0. The van der Waals surface area contributed by atoms with Crippen LogP contribution in [0.4, 0.5) is 0 Å². The fourth-order valence-corrected chi connectivity index (χ4v) is 2.14. The predicted molar refractivity (Wildman–Crippen MR) is 48.2 cm³/mol. The van der Waals surface area contributed by atoms with Crippen molar-refractivity contribution >= 4 is 31.2 Å². The zero-order valence-corrected chi connectivity index (χ0v) is 10.3. The van der Waals surface area contributed by atoms with E-state index in [2.05, 4.69) is 7.26 Å². The molecule has 112 valence electrons. The van der Waals surface area contributed by atoms with E-state index in [4.69, 9.17) is 19.6 Å². The summed E-state index contributed by atoms with van der Waals surface area (Å²) in [6, 6.07) is 0. The Bertz CT molecular complexity index is 565. The second kappa shape index (κ2) is 9.27. The van der Waals surface area contributed by atoms with E-state index in [0.717, 1.165) is 10.1 Å². The summed E-state index contributed by atoms with van der Waals surface area (Å²) in [4.78, 5) is 32.0. The van der Waals surface area contributed by atoms with Crippen LogP contribution >= 0.6 is 0 Å². The lowest BCUT2D eigenvalue weighted by Gasteiger charge is -2.08. The SMILES string of the molecule is O=S(=O)([O-])OS(=O)(=O)OS(=O)(=O)[O-].O=[N+]=O.O=[N+]=O. The van der Waals surface area contributed by atoms with Crippen LogP contribution in [-0.4, -0.2) is 34.4 Å². The van der Waals surface area contributed by atoms with Crippen LogP contribution in [0.2, 0.25) is 0 Å². The molecule has 0 aliphatic rings. The van der Waals surface area contributed by atoms with Crippen LogP contribution in [0.1, 0.15) is 0 Å². The first-order valence-corrected chi connectivity index (χ1v) is 6.73. The Labute approximate surface area is 103 Å². The average molecular weight is 348 g/mol. The summed E-state index contributed by atoms with van der Waals surface area (Å²) in [6.45, 7) is 0. The first-order valence-electron chi connectivity index (χ1n) is 2.73. The van der Waals surface area contributed by atoms with Crippen LogP contribution in [0.15, 0.2) is 0 Å². The molecule has 0 saturated heterocycles. The molecule has 0 aromatic rings. The van der Waals surface area contributed by atoms with Crippen molar-refractivity contribution in [3.63, 3.8) is 0 Å². The zero-order valence-electron chi connectivity index (χ0n) is 7.83. The van der Waals surface area contributed by atoms with Crippen LogP contribution in [-0.2, 0) is 38.5 Å². The van der Waals surface area contributed by atoms with Gasteiger partial charge in [0.2, 0.25) is 40.4 Å². The Morgan fingerprint density at radius 2 is 0.789 bits per heavy atom. The topological polar surface area (TPSA) is 263 Å². The van der Waals surface area contributed by atoms with Gasteiger partial charge >= 0.3 is 20.5 Å². The van der Waals surface area contributed by atoms with Crippen LogP contribution in [0, 0.1) is 19.6 Å². The molecule has 19 heavy (non-hydrogen) atoms. The molecule has 0 aromatic carbocycles. The van der Waals surface area contributed by atoms with E-state index in [0.29, 0.717) is 0 Å². The summed E-state index contributed by atoms with van der Waals surface area (Å²) in [7, 11) is -17.1. The normalized spacial score (nSPS) is 10.6. The molecule has 0 fully saturated rings. The van der Waals surface area contributed by atoms with Crippen molar-refractivity contribution in [2.75, 3.05) is 0 Å². The highest BCUT2D eigenvalue weighted by Gasteiger charge is 2.20. The van der Waals surface area contributed by atoms with Crippen molar-refractivity contribution in [3.8, 4) is 0 Å². The third-order valence-electron chi connectivity index (χ3n) is 0.333. The van der Waals surface area contributed by atoms with Gasteiger partial charge < -0.3 is 9.11 Å². The molecule has 0 heterocycles. The highest BCUT2D eigenvalue weighted by atomic mass is 32.3. The quantitative estimate of drug-likeness (QED) is 0.269. The van der Waals surface area contributed by atoms with Crippen LogP contribution in [0.5, 0.6) is 0 Å². The monoisotopic (exact) mass is 348 g/mol. The summed E-state index contributed by atoms with van der Waals surface area (Å²) < 4.78 is 82.9. The van der Waals surface area contributed by atoms with Gasteiger partial charge in [0.15, 0.2) is 0 Å². The van der Waals surface area contributed by atoms with Gasteiger partial charge in [-0.1, -0.05) is 0 Å². The third kappa shape index (κ3) is 31.4. The third-order valence-corrected chi connectivity index (χ3v) is 3.00. The van der Waals surface area contributed by atoms with E-state index in [1.807, 2.05) is 0 Å². The molecule has 16 nitrogen and oxygen atoms in total. The Morgan fingerprint density at radius 1 is 0.632 bits per heavy atom. The lowest BCUT2D eigenvalue weighted by molar-refractivity contribution is 0.319. The average Bonchev–Trinajstić information content (AvgIpc) is 1.95. The maximum atomic E-state index is 10.1. The minimum Gasteiger partial charge on any atom is -0.725 e. The minimum absolute atomic E-state index is 1.00. The van der Waals surface area contributed by atoms with E-state index in [1.54, 1.807) is 0 Å². The molecule has 0 rings (SSSR count). The molecule has 0 unspecified atom stereocenters. The molecule has 0 radical (unpaired) electrons. The summed E-state index contributed by atoms with van der Waals surface area (Å²) in [5.41, 5.74) is 0. The van der Waals surface area contributed by atoms with E-state index in [9.17, 15) is 34.4 Å². The van der Waals surface area contributed by atoms with Crippen molar-refractivity contribution < 1.29 is 41.6 Å². The first kappa shape index (κ1) is 22.5. The van der Waals surface area contributed by atoms with Gasteiger partial charge in [0.25, 0.3) is 0 Å². The van der Waals surface area contributed by atoms with Crippen molar-refractivity contribution in [3.05, 3.63) is 19.6 Å². The largest absolute Gasteiger partial charge is 0.725 e. The molecule has 0 saturated carbocycles. The van der Waals surface area contributed by atoms with Gasteiger partial charge in [0.1, 0.15) is 0 Å². The van der Waals surface area contributed by atoms with Gasteiger partial charge in [0, 0.05) is 0 Å². The Kier molecular flexibility index (Phi) is 11.0. The zero-order chi connectivity index (χ0) is 16.3. The molecule has 0 atom stereocenters. The van der Waals surface area contributed by atoms with Gasteiger partial charge in [0.05, 0.1) is 0 Å². The fourth-order valence-electron chi connectivity index (χ4n) is 0.215. The summed E-state index contributed by atoms with van der Waals surface area (Å²) in [5.74, 6) is 0. The number of nitroso groups, excluding NO2 is 4. The lowest BCUT2D eigenvalue weighted by Crippen LogP contribution is -2.19. The van der Waals surface area contributed by atoms with Gasteiger partial charge in [-0.2, -0.15) is 8.42 Å². The summed E-state index contributed by atoms with van der Waals surface area (Å²) in [5, 5.41) is 2.00. The highest BCUT2D eigenvalue weighted by molar-refractivity contribution is 8.00. The molecular weight excluding hydrogens is 348 g/mol. The molecule has 0 amide bonds. The summed E-state index contributed by atoms with van der Waals surface area (Å²) in [6.07, 6.45) is 0. The van der Waals surface area contributed by atoms with E-state index >= 15 is 0 Å². The Hall–Kier alpha value is -1.69. The molecule has 19 heteroatoms. The molecule has 0 N–H and O–H groups in total. The van der Waals surface area contributed by atoms with E-state index < -0.39 is 31.2 Å². The highest BCUT2D eigenvalue weighted by Crippen LogP contribution is 2.03. The second-order valence-electron chi connectivity index (χ2n) is 1.51. The summed E-state index contributed by atoms with van der Waals surface area (Å²) >= 11 is 0. The van der Waals surface area contributed by atoms with Gasteiger partial charge in [-0.25, -0.2) is 16.8 Å². The molecular formula is N2O14S3. The number of rotatable bonds is 4. The lowest BCUT2D eigenvalue weighted by atomic mass is 13.6. The van der Waals surface area contributed by atoms with Crippen molar-refractivity contribution in [2.45, 2.75) is 0 Å². The Balaban J connectivity index is -0.000000360.